The molecule has 4 nitrogen and oxygen atoms in total. The maximum absolute atomic E-state index is 10.5. The third-order valence-corrected chi connectivity index (χ3v) is 2.53. The third-order valence-electron chi connectivity index (χ3n) is 2.14. The first-order valence-corrected chi connectivity index (χ1v) is 6.60. The molecule has 0 fully saturated rings. The number of carboxylic acids is 1. The minimum absolute atomic E-state index is 0. The van der Waals surface area contributed by atoms with Crippen LogP contribution in [0.15, 0.2) is 54.6 Å². The minimum atomic E-state index is -1.00. The number of ketones is 1. The number of carboxylic acid groups (broad SMARTS) is 1. The van der Waals surface area contributed by atoms with Gasteiger partial charge >= 0.3 is 5.97 Å². The second-order valence-electron chi connectivity index (χ2n) is 3.82. The summed E-state index contributed by atoms with van der Waals surface area (Å²) in [6, 6.07) is 16.5. The minimum Gasteiger partial charge on any atom is -0.748 e. The van der Waals surface area contributed by atoms with Gasteiger partial charge in [0.2, 0.25) is 0 Å². The number of Topliss-reactive ketones (excluding diaryl/α,β-unsaturated/α-hetero) is 1. The summed E-state index contributed by atoms with van der Waals surface area (Å²) in [4.78, 5) is 20.3. The molecule has 0 heterocycles. The van der Waals surface area contributed by atoms with E-state index in [-0.39, 0.29) is 28.6 Å². The fraction of sp³-hybridized carbons (Fsp3) is 0.200. The van der Waals surface area contributed by atoms with Crippen molar-refractivity contribution in [3.05, 3.63) is 60.2 Å². The Labute approximate surface area is 141 Å². The van der Waals surface area contributed by atoms with E-state index in [0.717, 1.165) is 5.56 Å². The van der Waals surface area contributed by atoms with Gasteiger partial charge in [-0.05, 0) is 6.92 Å². The van der Waals surface area contributed by atoms with Crippen LogP contribution in [0.5, 0.6) is 0 Å². The Hall–Kier alpha value is -1.33. The van der Waals surface area contributed by atoms with E-state index in [1.807, 2.05) is 54.6 Å². The molecule has 0 bridgehead atoms. The van der Waals surface area contributed by atoms with E-state index in [2.05, 4.69) is 12.6 Å². The van der Waals surface area contributed by atoms with Crippen molar-refractivity contribution in [2.24, 2.45) is 5.73 Å². The van der Waals surface area contributed by atoms with E-state index in [4.69, 9.17) is 10.8 Å². The zero-order chi connectivity index (χ0) is 15.4. The Morgan fingerprint density at radius 2 is 1.57 bits per heavy atom. The van der Waals surface area contributed by atoms with Gasteiger partial charge in [-0.3, -0.25) is 4.79 Å². The van der Waals surface area contributed by atoms with Crippen molar-refractivity contribution in [3.8, 4) is 0 Å². The van der Waals surface area contributed by atoms with Crippen LogP contribution in [-0.4, -0.2) is 28.7 Å². The van der Waals surface area contributed by atoms with Gasteiger partial charge in [0.25, 0.3) is 0 Å². The summed E-state index contributed by atoms with van der Waals surface area (Å²) >= 11 is 3.65. The first-order valence-electron chi connectivity index (χ1n) is 5.97. The monoisotopic (exact) mass is 349 g/mol. The van der Waals surface area contributed by atoms with Gasteiger partial charge in [0.1, 0.15) is 11.8 Å². The number of nitrogens with two attached hydrogens (primary N) is 1. The second-order valence-corrected chi connectivity index (χ2v) is 4.18. The molecule has 0 aromatic heterocycles. The summed E-state index contributed by atoms with van der Waals surface area (Å²) in [6.45, 7) is 1.56. The fourth-order valence-corrected chi connectivity index (χ4v) is 1.16. The summed E-state index contributed by atoms with van der Waals surface area (Å²) in [7, 11) is 0. The van der Waals surface area contributed by atoms with Crippen LogP contribution >= 0.6 is 12.6 Å². The maximum Gasteiger partial charge on any atom is 0.321 e. The van der Waals surface area contributed by atoms with Gasteiger partial charge in [-0.25, -0.2) is 12.1 Å². The molecule has 2 aromatic rings. The van der Waals surface area contributed by atoms with Crippen LogP contribution < -0.4 is 5.73 Å². The van der Waals surface area contributed by atoms with Crippen molar-refractivity contribution < 1.29 is 31.8 Å². The van der Waals surface area contributed by atoms with E-state index in [9.17, 15) is 9.59 Å². The Kier molecular flexibility index (Phi) is 14.3. The average Bonchev–Trinajstić information content (AvgIpc) is 3.12. The molecule has 1 unspecified atom stereocenters. The number of carbonyl (C=O) groups excluding carboxylic acids is 1. The maximum atomic E-state index is 10.5. The molecule has 0 spiro atoms. The van der Waals surface area contributed by atoms with Crippen LogP contribution in [-0.2, 0) is 21.9 Å². The normalized spacial score (nSPS) is 9.86. The molecule has 0 aliphatic carbocycles. The molecule has 21 heavy (non-hydrogen) atoms. The summed E-state index contributed by atoms with van der Waals surface area (Å²) < 4.78 is 0. The van der Waals surface area contributed by atoms with Crippen molar-refractivity contribution in [1.29, 1.82) is 0 Å². The summed E-state index contributed by atoms with van der Waals surface area (Å²) in [5, 5.41) is 8.01. The number of thiol groups is 1. The van der Waals surface area contributed by atoms with Crippen molar-refractivity contribution in [1.82, 2.24) is 0 Å². The zero-order valence-electron chi connectivity index (χ0n) is 11.6. The Morgan fingerprint density at radius 1 is 1.19 bits per heavy atom. The van der Waals surface area contributed by atoms with Crippen LogP contribution in [0.1, 0.15) is 17.3 Å². The first-order chi connectivity index (χ1) is 9.49. The van der Waals surface area contributed by atoms with Crippen LogP contribution in [0.4, 0.5) is 0 Å². The van der Waals surface area contributed by atoms with Gasteiger partial charge in [0, 0.05) is 22.8 Å². The summed E-state index contributed by atoms with van der Waals surface area (Å²) in [5.74, 6) is -0.681. The number of hydrogen-bond acceptors (Lipinski definition) is 4. The van der Waals surface area contributed by atoms with Crippen LogP contribution in [0.2, 0.25) is 0 Å². The number of aliphatic carboxylic acids is 1. The Morgan fingerprint density at radius 3 is 1.71 bits per heavy atom. The second kappa shape index (κ2) is 13.6. The number of rotatable bonds is 3. The smallest absolute Gasteiger partial charge is 0.321 e. The van der Waals surface area contributed by atoms with E-state index < -0.39 is 12.0 Å². The topological polar surface area (TPSA) is 80.4 Å². The standard InChI is InChI=1S/C7H7O.C5H5.C3H7NO2S.Fe/c1-6(8)7-4-2-3-5-7;1-2-4-5-3-1;4-2(1-7)3(5)6;/h2-5H,1H3;1-5H;2,7H,1,4H2,(H,5,6);/q-1;-5;;. The molecule has 2 aromatic carbocycles. The van der Waals surface area contributed by atoms with Gasteiger partial charge < -0.3 is 46.0 Å². The number of hydrogen-bond donors (Lipinski definition) is 3. The van der Waals surface area contributed by atoms with E-state index in [1.165, 1.54) is 0 Å². The van der Waals surface area contributed by atoms with E-state index in [1.54, 1.807) is 6.92 Å². The van der Waals surface area contributed by atoms with Crippen LogP contribution in [0, 0.1) is 0 Å². The van der Waals surface area contributed by atoms with E-state index in [0.29, 0.717) is 0 Å². The summed E-state index contributed by atoms with van der Waals surface area (Å²) in [5.41, 5.74) is 5.74. The summed E-state index contributed by atoms with van der Waals surface area (Å²) in [6.07, 6.45) is 0. The molecular formula is C15H19FeNO3S-6. The Balaban J connectivity index is 0. The molecule has 1 atom stereocenters. The van der Waals surface area contributed by atoms with Gasteiger partial charge in [-0.2, -0.15) is 24.8 Å². The largest absolute Gasteiger partial charge is 0.748 e. The number of carbonyl (C=O) groups is 2. The van der Waals surface area contributed by atoms with Crippen molar-refractivity contribution in [2.75, 3.05) is 5.75 Å². The quantitative estimate of drug-likeness (QED) is 0.344. The van der Waals surface area contributed by atoms with Crippen molar-refractivity contribution >= 4 is 24.4 Å². The Bertz CT molecular complexity index is 452. The van der Waals surface area contributed by atoms with E-state index >= 15 is 0 Å². The van der Waals surface area contributed by atoms with Crippen molar-refractivity contribution in [2.45, 2.75) is 13.0 Å². The van der Waals surface area contributed by atoms with Gasteiger partial charge in [-0.1, -0.05) is 5.56 Å². The molecule has 122 valence electrons. The van der Waals surface area contributed by atoms with Gasteiger partial charge in [0.15, 0.2) is 0 Å². The van der Waals surface area contributed by atoms with Crippen LogP contribution in [0.3, 0.4) is 0 Å². The van der Waals surface area contributed by atoms with Gasteiger partial charge in [0.05, 0.1) is 0 Å². The van der Waals surface area contributed by atoms with Crippen LogP contribution in [0.25, 0.3) is 0 Å². The molecule has 2 rings (SSSR count). The fourth-order valence-electron chi connectivity index (χ4n) is 1.01. The molecule has 3 N–H and O–H groups in total. The van der Waals surface area contributed by atoms with Gasteiger partial charge in [-0.15, -0.1) is 0 Å². The average molecular weight is 349 g/mol. The third kappa shape index (κ3) is 12.1. The molecule has 0 radical (unpaired) electrons. The zero-order valence-corrected chi connectivity index (χ0v) is 13.6. The molecule has 6 heteroatoms. The first kappa shape index (κ1) is 22.0. The molecule has 0 saturated heterocycles. The molecule has 0 aliphatic rings. The predicted octanol–water partition coefficient (Wildman–Crippen LogP) is 2.34. The molecule has 0 amide bonds. The SMILES string of the molecule is CC(=O)[c-]1cccc1.NC(CS)C(=O)O.[Fe].[cH-]1[cH-][cH-][cH-][cH-]1. The predicted molar refractivity (Wildman–Crippen MR) is 83.5 cm³/mol. The van der Waals surface area contributed by atoms with Crippen molar-refractivity contribution in [3.63, 3.8) is 0 Å². The molecule has 0 saturated carbocycles. The molecule has 0 aliphatic heterocycles. The molecular weight excluding hydrogens is 330 g/mol.